The summed E-state index contributed by atoms with van der Waals surface area (Å²) in [5.41, 5.74) is 0.986. The monoisotopic (exact) mass is 309 g/mol. The number of furan rings is 1. The summed E-state index contributed by atoms with van der Waals surface area (Å²) in [6.07, 6.45) is 1.60. The van der Waals surface area contributed by atoms with Crippen molar-refractivity contribution in [2.24, 2.45) is 0 Å². The smallest absolute Gasteiger partial charge is 0.227 e. The van der Waals surface area contributed by atoms with Crippen molar-refractivity contribution in [2.45, 2.75) is 19.4 Å². The highest BCUT2D eigenvalue weighted by Gasteiger charge is 2.15. The molecule has 118 valence electrons. The first-order chi connectivity index (χ1) is 11.2. The van der Waals surface area contributed by atoms with E-state index < -0.39 is 0 Å². The molecule has 0 spiro atoms. The third kappa shape index (κ3) is 3.37. The normalized spacial score (nSPS) is 12.1. The molecular formula is C19H19NO3. The lowest BCUT2D eigenvalue weighted by Gasteiger charge is -2.13. The minimum Gasteiger partial charge on any atom is -0.497 e. The number of methoxy groups -OCH3 is 1. The van der Waals surface area contributed by atoms with Crippen molar-refractivity contribution in [3.05, 3.63) is 66.1 Å². The Morgan fingerprint density at radius 3 is 2.70 bits per heavy atom. The topological polar surface area (TPSA) is 51.5 Å². The Balaban J connectivity index is 1.74. The summed E-state index contributed by atoms with van der Waals surface area (Å²) in [5, 5.41) is 5.08. The summed E-state index contributed by atoms with van der Waals surface area (Å²) in [7, 11) is 1.65. The van der Waals surface area contributed by atoms with E-state index in [0.29, 0.717) is 6.54 Å². The first-order valence-corrected chi connectivity index (χ1v) is 7.55. The fourth-order valence-electron chi connectivity index (χ4n) is 2.53. The number of hydrogen-bond acceptors (Lipinski definition) is 3. The van der Waals surface area contributed by atoms with E-state index in [9.17, 15) is 4.79 Å². The van der Waals surface area contributed by atoms with Crippen LogP contribution in [0, 0.1) is 0 Å². The molecule has 0 saturated carbocycles. The molecule has 4 nitrogen and oxygen atoms in total. The number of hydrogen-bond donors (Lipinski definition) is 1. The van der Waals surface area contributed by atoms with Crippen LogP contribution in [-0.2, 0) is 11.3 Å². The molecule has 0 bridgehead atoms. The van der Waals surface area contributed by atoms with E-state index in [4.69, 9.17) is 9.15 Å². The van der Waals surface area contributed by atoms with E-state index in [1.807, 2.05) is 55.5 Å². The Hall–Kier alpha value is -2.75. The number of ether oxygens (including phenoxy) is 1. The van der Waals surface area contributed by atoms with E-state index in [1.54, 1.807) is 13.4 Å². The summed E-state index contributed by atoms with van der Waals surface area (Å²) in [4.78, 5) is 12.3. The maximum Gasteiger partial charge on any atom is 0.227 e. The molecule has 4 heteroatoms. The Labute approximate surface area is 135 Å². The van der Waals surface area contributed by atoms with Gasteiger partial charge in [0.2, 0.25) is 5.91 Å². The molecule has 1 heterocycles. The second-order valence-corrected chi connectivity index (χ2v) is 5.49. The molecular weight excluding hydrogens is 290 g/mol. The zero-order valence-corrected chi connectivity index (χ0v) is 13.2. The molecule has 2 aromatic carbocycles. The molecule has 1 atom stereocenters. The lowest BCUT2D eigenvalue weighted by molar-refractivity contribution is -0.122. The lowest BCUT2D eigenvalue weighted by atomic mass is 9.97. The van der Waals surface area contributed by atoms with Crippen molar-refractivity contribution in [2.75, 3.05) is 7.11 Å². The van der Waals surface area contributed by atoms with Crippen molar-refractivity contribution in [1.29, 1.82) is 0 Å². The number of fused-ring (bicyclic) bond motifs is 1. The van der Waals surface area contributed by atoms with Crippen LogP contribution < -0.4 is 10.1 Å². The van der Waals surface area contributed by atoms with Crippen LogP contribution >= 0.6 is 0 Å². The lowest BCUT2D eigenvalue weighted by Crippen LogP contribution is -2.27. The zero-order chi connectivity index (χ0) is 16.2. The van der Waals surface area contributed by atoms with Crippen LogP contribution in [0.25, 0.3) is 10.8 Å². The van der Waals surface area contributed by atoms with Crippen LogP contribution in [0.3, 0.4) is 0 Å². The third-order valence-corrected chi connectivity index (χ3v) is 3.98. The van der Waals surface area contributed by atoms with E-state index in [-0.39, 0.29) is 11.8 Å². The molecule has 23 heavy (non-hydrogen) atoms. The highest BCUT2D eigenvalue weighted by atomic mass is 16.5. The molecule has 1 N–H and O–H groups in total. The highest BCUT2D eigenvalue weighted by molar-refractivity contribution is 5.88. The maximum atomic E-state index is 12.3. The Morgan fingerprint density at radius 1 is 1.17 bits per heavy atom. The Bertz CT molecular complexity index is 809. The first kappa shape index (κ1) is 15.2. The molecule has 3 aromatic rings. The van der Waals surface area contributed by atoms with Crippen LogP contribution in [0.15, 0.2) is 59.2 Å². The number of benzene rings is 2. The van der Waals surface area contributed by atoms with Gasteiger partial charge in [0.05, 0.1) is 25.8 Å². The summed E-state index contributed by atoms with van der Waals surface area (Å²) in [6.45, 7) is 2.31. The fraction of sp³-hybridized carbons (Fsp3) is 0.211. The second-order valence-electron chi connectivity index (χ2n) is 5.49. The van der Waals surface area contributed by atoms with E-state index in [2.05, 4.69) is 5.32 Å². The van der Waals surface area contributed by atoms with Crippen LogP contribution in [0.5, 0.6) is 5.75 Å². The van der Waals surface area contributed by atoms with Gasteiger partial charge in [0.1, 0.15) is 11.5 Å². The van der Waals surface area contributed by atoms with Crippen LogP contribution in [-0.4, -0.2) is 13.0 Å². The summed E-state index contributed by atoms with van der Waals surface area (Å²) >= 11 is 0. The van der Waals surface area contributed by atoms with Gasteiger partial charge in [-0.1, -0.05) is 24.3 Å². The minimum atomic E-state index is -0.225. The van der Waals surface area contributed by atoms with Gasteiger partial charge in [-0.15, -0.1) is 0 Å². The molecule has 0 fully saturated rings. The van der Waals surface area contributed by atoms with E-state index >= 15 is 0 Å². The summed E-state index contributed by atoms with van der Waals surface area (Å²) < 4.78 is 10.5. The van der Waals surface area contributed by atoms with Crippen molar-refractivity contribution in [3.8, 4) is 5.75 Å². The molecule has 0 aliphatic carbocycles. The minimum absolute atomic E-state index is 0.0192. The van der Waals surface area contributed by atoms with Gasteiger partial charge in [-0.05, 0) is 47.5 Å². The van der Waals surface area contributed by atoms with Gasteiger partial charge in [0.25, 0.3) is 0 Å². The molecule has 0 saturated heterocycles. The average Bonchev–Trinajstić information content (AvgIpc) is 3.11. The predicted octanol–water partition coefficient (Wildman–Crippen LogP) is 3.86. The van der Waals surface area contributed by atoms with Crippen molar-refractivity contribution in [3.63, 3.8) is 0 Å². The third-order valence-electron chi connectivity index (χ3n) is 3.98. The van der Waals surface area contributed by atoms with E-state index in [0.717, 1.165) is 27.8 Å². The maximum absolute atomic E-state index is 12.3. The van der Waals surface area contributed by atoms with E-state index in [1.165, 1.54) is 0 Å². The van der Waals surface area contributed by atoms with Gasteiger partial charge in [0, 0.05) is 0 Å². The number of amides is 1. The Kier molecular flexibility index (Phi) is 4.33. The van der Waals surface area contributed by atoms with Gasteiger partial charge in [-0.3, -0.25) is 4.79 Å². The summed E-state index contributed by atoms with van der Waals surface area (Å²) in [5.74, 6) is 1.33. The largest absolute Gasteiger partial charge is 0.497 e. The van der Waals surface area contributed by atoms with Gasteiger partial charge in [-0.25, -0.2) is 0 Å². The summed E-state index contributed by atoms with van der Waals surface area (Å²) in [6, 6.07) is 15.6. The average molecular weight is 309 g/mol. The highest BCUT2D eigenvalue weighted by Crippen LogP contribution is 2.25. The molecule has 0 unspecified atom stereocenters. The van der Waals surface area contributed by atoms with Crippen molar-refractivity contribution in [1.82, 2.24) is 5.32 Å². The molecule has 0 radical (unpaired) electrons. The number of nitrogens with one attached hydrogen (secondary N) is 1. The van der Waals surface area contributed by atoms with Gasteiger partial charge in [-0.2, -0.15) is 0 Å². The quantitative estimate of drug-likeness (QED) is 0.778. The van der Waals surface area contributed by atoms with Crippen LogP contribution in [0.1, 0.15) is 24.2 Å². The van der Waals surface area contributed by atoms with Crippen molar-refractivity contribution >= 4 is 16.7 Å². The fourth-order valence-corrected chi connectivity index (χ4v) is 2.53. The predicted molar refractivity (Wildman–Crippen MR) is 89.5 cm³/mol. The number of rotatable bonds is 5. The van der Waals surface area contributed by atoms with Crippen LogP contribution in [0.4, 0.5) is 0 Å². The second kappa shape index (κ2) is 6.57. The first-order valence-electron chi connectivity index (χ1n) is 7.55. The molecule has 3 rings (SSSR count). The van der Waals surface area contributed by atoms with Gasteiger partial charge < -0.3 is 14.5 Å². The molecule has 1 amide bonds. The number of carbonyl (C=O) groups is 1. The van der Waals surface area contributed by atoms with Gasteiger partial charge >= 0.3 is 0 Å². The molecule has 0 aliphatic heterocycles. The standard InChI is InChI=1S/C19H19NO3/c1-13(19(21)20-12-18-4-3-9-23-18)14-5-6-16-11-17(22-2)8-7-15(16)10-14/h3-11,13H,12H2,1-2H3,(H,20,21)/t13-/m1/s1. The SMILES string of the molecule is COc1ccc2cc([C@@H](C)C(=O)NCc3ccco3)ccc2c1. The van der Waals surface area contributed by atoms with Crippen LogP contribution in [0.2, 0.25) is 0 Å². The molecule has 1 aromatic heterocycles. The zero-order valence-electron chi connectivity index (χ0n) is 13.2. The Morgan fingerprint density at radius 2 is 1.96 bits per heavy atom. The number of carbonyl (C=O) groups excluding carboxylic acids is 1. The molecule has 0 aliphatic rings. The van der Waals surface area contributed by atoms with Crippen molar-refractivity contribution < 1.29 is 13.9 Å². The van der Waals surface area contributed by atoms with Gasteiger partial charge in [0.15, 0.2) is 0 Å².